The molecule has 13 heteroatoms. The third kappa shape index (κ3) is 4.76. The monoisotopic (exact) mass is 484 g/mol. The number of ether oxygens (including phenoxy) is 1. The van der Waals surface area contributed by atoms with E-state index in [0.717, 1.165) is 12.1 Å². The topological polar surface area (TPSA) is 110 Å². The molecule has 0 atom stereocenters. The van der Waals surface area contributed by atoms with Crippen molar-refractivity contribution < 1.29 is 26.7 Å². The molecule has 0 bridgehead atoms. The van der Waals surface area contributed by atoms with E-state index in [1.165, 1.54) is 21.3 Å². The first-order valence-electron chi connectivity index (χ1n) is 10.6. The summed E-state index contributed by atoms with van der Waals surface area (Å²) in [6.07, 6.45) is 2.56. The first-order valence-corrected chi connectivity index (χ1v) is 12.1. The van der Waals surface area contributed by atoms with Crippen molar-refractivity contribution in [2.24, 2.45) is 7.05 Å². The number of aromatic nitrogens is 3. The molecule has 1 N–H and O–H groups in total. The quantitative estimate of drug-likeness (QED) is 0.631. The standard InChI is InChI=1S/C20H26F2N6O4S/c1-26-13-17(24-25-26)33(30,31)28-9-7-27(8-10-28)20(5-11-32-12-6-20)14-23-19(29)18-15(21)3-2-4-16(18)22/h2-4,13H,5-12,14H2,1H3,(H,23,29). The normalized spacial score (nSPS) is 20.0. The number of nitrogens with one attached hydrogen (secondary N) is 1. The van der Waals surface area contributed by atoms with Gasteiger partial charge in [0, 0.05) is 58.5 Å². The highest BCUT2D eigenvalue weighted by Crippen LogP contribution is 2.30. The maximum atomic E-state index is 14.0. The summed E-state index contributed by atoms with van der Waals surface area (Å²) >= 11 is 0. The molecule has 0 aliphatic carbocycles. The number of hydrogen-bond acceptors (Lipinski definition) is 7. The van der Waals surface area contributed by atoms with Gasteiger partial charge in [-0.25, -0.2) is 17.2 Å². The summed E-state index contributed by atoms with van der Waals surface area (Å²) in [5.41, 5.74) is -1.11. The number of hydrogen-bond donors (Lipinski definition) is 1. The van der Waals surface area contributed by atoms with E-state index in [1.807, 2.05) is 0 Å². The van der Waals surface area contributed by atoms with Gasteiger partial charge < -0.3 is 10.1 Å². The van der Waals surface area contributed by atoms with Crippen LogP contribution in [0.15, 0.2) is 29.4 Å². The molecule has 2 aliphatic rings. The number of rotatable bonds is 6. The Hall–Kier alpha value is -2.48. The molecule has 0 saturated carbocycles. The van der Waals surface area contributed by atoms with Gasteiger partial charge in [0.05, 0.1) is 6.20 Å². The van der Waals surface area contributed by atoms with Crippen LogP contribution in [0.1, 0.15) is 23.2 Å². The Morgan fingerprint density at radius 3 is 2.36 bits per heavy atom. The number of nitrogens with zero attached hydrogens (tertiary/aromatic N) is 5. The zero-order valence-electron chi connectivity index (χ0n) is 18.2. The molecule has 33 heavy (non-hydrogen) atoms. The number of carbonyl (C=O) groups excluding carboxylic acids is 1. The molecule has 2 aliphatic heterocycles. The van der Waals surface area contributed by atoms with Gasteiger partial charge in [-0.05, 0) is 25.0 Å². The minimum absolute atomic E-state index is 0.0987. The molecular formula is C20H26F2N6O4S. The van der Waals surface area contributed by atoms with Gasteiger partial charge in [-0.1, -0.05) is 11.3 Å². The molecule has 180 valence electrons. The van der Waals surface area contributed by atoms with Crippen LogP contribution < -0.4 is 5.32 Å². The Morgan fingerprint density at radius 2 is 1.79 bits per heavy atom. The van der Waals surface area contributed by atoms with Gasteiger partial charge >= 0.3 is 0 Å². The second-order valence-corrected chi connectivity index (χ2v) is 10.1. The fraction of sp³-hybridized carbons (Fsp3) is 0.550. The van der Waals surface area contributed by atoms with Crippen molar-refractivity contribution in [2.45, 2.75) is 23.4 Å². The highest BCUT2D eigenvalue weighted by Gasteiger charge is 2.42. The van der Waals surface area contributed by atoms with E-state index in [1.54, 1.807) is 7.05 Å². The van der Waals surface area contributed by atoms with Gasteiger partial charge in [-0.2, -0.15) is 4.31 Å². The van der Waals surface area contributed by atoms with Gasteiger partial charge in [0.1, 0.15) is 17.2 Å². The average molecular weight is 485 g/mol. The predicted octanol–water partition coefficient (Wildman–Crippen LogP) is 0.379. The van der Waals surface area contributed by atoms with E-state index in [4.69, 9.17) is 4.74 Å². The highest BCUT2D eigenvalue weighted by molar-refractivity contribution is 7.89. The molecule has 1 amide bonds. The minimum atomic E-state index is -3.75. The van der Waals surface area contributed by atoms with Crippen LogP contribution >= 0.6 is 0 Å². The average Bonchev–Trinajstić information content (AvgIpc) is 3.25. The van der Waals surface area contributed by atoms with Crippen LogP contribution in [0.4, 0.5) is 8.78 Å². The summed E-state index contributed by atoms with van der Waals surface area (Å²) in [5, 5.41) is 10.0. The lowest BCUT2D eigenvalue weighted by atomic mass is 9.87. The molecule has 1 aromatic heterocycles. The highest BCUT2D eigenvalue weighted by atomic mass is 32.2. The van der Waals surface area contributed by atoms with Crippen molar-refractivity contribution in [1.29, 1.82) is 0 Å². The zero-order valence-corrected chi connectivity index (χ0v) is 19.0. The largest absolute Gasteiger partial charge is 0.381 e. The molecule has 1 aromatic carbocycles. The first kappa shape index (κ1) is 23.7. The number of halogens is 2. The fourth-order valence-corrected chi connectivity index (χ4v) is 5.72. The number of piperazine rings is 1. The van der Waals surface area contributed by atoms with Crippen LogP contribution in [-0.4, -0.2) is 90.0 Å². The second-order valence-electron chi connectivity index (χ2n) is 8.24. The number of benzene rings is 1. The zero-order chi connectivity index (χ0) is 23.6. The summed E-state index contributed by atoms with van der Waals surface area (Å²) in [4.78, 5) is 14.7. The maximum Gasteiger partial charge on any atom is 0.264 e. The Balaban J connectivity index is 1.45. The van der Waals surface area contributed by atoms with E-state index in [9.17, 15) is 22.0 Å². The van der Waals surface area contributed by atoms with Gasteiger partial charge in [0.15, 0.2) is 0 Å². The van der Waals surface area contributed by atoms with E-state index in [2.05, 4.69) is 20.5 Å². The second kappa shape index (κ2) is 9.41. The molecule has 2 saturated heterocycles. The number of carbonyl (C=O) groups is 1. The van der Waals surface area contributed by atoms with E-state index in [0.29, 0.717) is 39.1 Å². The molecule has 3 heterocycles. The Morgan fingerprint density at radius 1 is 1.15 bits per heavy atom. The molecule has 10 nitrogen and oxygen atoms in total. The first-order chi connectivity index (χ1) is 15.7. The van der Waals surface area contributed by atoms with Crippen molar-refractivity contribution in [3.8, 4) is 0 Å². The SMILES string of the molecule is Cn1cc(S(=O)(=O)N2CCN(C3(CNC(=O)c4c(F)cccc4F)CCOCC3)CC2)nn1. The third-order valence-corrected chi connectivity index (χ3v) is 8.05. The van der Waals surface area contributed by atoms with Crippen LogP contribution in [-0.2, 0) is 21.8 Å². The van der Waals surface area contributed by atoms with Crippen LogP contribution in [0.5, 0.6) is 0 Å². The molecule has 0 radical (unpaired) electrons. The summed E-state index contributed by atoms with van der Waals surface area (Å²) in [7, 11) is -2.15. The summed E-state index contributed by atoms with van der Waals surface area (Å²) in [6.45, 7) is 2.48. The van der Waals surface area contributed by atoms with Crippen molar-refractivity contribution >= 4 is 15.9 Å². The van der Waals surface area contributed by atoms with E-state index in [-0.39, 0.29) is 24.7 Å². The number of amides is 1. The van der Waals surface area contributed by atoms with Crippen molar-refractivity contribution in [2.75, 3.05) is 45.9 Å². The lowest BCUT2D eigenvalue weighted by molar-refractivity contribution is -0.0385. The molecule has 2 fully saturated rings. The van der Waals surface area contributed by atoms with Crippen molar-refractivity contribution in [3.63, 3.8) is 0 Å². The smallest absolute Gasteiger partial charge is 0.264 e. The van der Waals surface area contributed by atoms with Crippen LogP contribution in [0.3, 0.4) is 0 Å². The van der Waals surface area contributed by atoms with Gasteiger partial charge in [0.2, 0.25) is 5.03 Å². The van der Waals surface area contributed by atoms with Gasteiger partial charge in [-0.3, -0.25) is 14.4 Å². The van der Waals surface area contributed by atoms with Crippen molar-refractivity contribution in [3.05, 3.63) is 41.6 Å². The number of aryl methyl sites for hydroxylation is 1. The fourth-order valence-electron chi connectivity index (χ4n) is 4.38. The van der Waals surface area contributed by atoms with Crippen LogP contribution in [0.25, 0.3) is 0 Å². The summed E-state index contributed by atoms with van der Waals surface area (Å²) in [5.74, 6) is -2.66. The maximum absolute atomic E-state index is 14.0. The molecule has 0 spiro atoms. The molecule has 0 unspecified atom stereocenters. The predicted molar refractivity (Wildman–Crippen MR) is 113 cm³/mol. The summed E-state index contributed by atoms with van der Waals surface area (Å²) in [6, 6.07) is 3.29. The third-order valence-electron chi connectivity index (χ3n) is 6.29. The lowest BCUT2D eigenvalue weighted by Gasteiger charge is -2.49. The minimum Gasteiger partial charge on any atom is -0.381 e. The van der Waals surface area contributed by atoms with Crippen LogP contribution in [0, 0.1) is 11.6 Å². The van der Waals surface area contributed by atoms with Gasteiger partial charge in [-0.15, -0.1) is 5.10 Å². The van der Waals surface area contributed by atoms with Gasteiger partial charge in [0.25, 0.3) is 15.9 Å². The van der Waals surface area contributed by atoms with E-state index < -0.39 is 38.7 Å². The lowest BCUT2D eigenvalue weighted by Crippen LogP contribution is -2.63. The summed E-state index contributed by atoms with van der Waals surface area (Å²) < 4.78 is 61.9. The Kier molecular flexibility index (Phi) is 6.75. The van der Waals surface area contributed by atoms with E-state index >= 15 is 0 Å². The molecule has 4 rings (SSSR count). The molecular weight excluding hydrogens is 458 g/mol. The Labute approximate surface area is 190 Å². The number of sulfonamides is 1. The van der Waals surface area contributed by atoms with Crippen LogP contribution in [0.2, 0.25) is 0 Å². The Bertz CT molecular complexity index is 1090. The van der Waals surface area contributed by atoms with Crippen molar-refractivity contribution in [1.82, 2.24) is 29.5 Å². The molecule has 2 aromatic rings.